The minimum absolute atomic E-state index is 0. The number of benzene rings is 15. The Kier molecular flexibility index (Phi) is 31.8. The fourth-order valence-electron chi connectivity index (χ4n) is 17.4. The van der Waals surface area contributed by atoms with Crippen LogP contribution in [0.15, 0.2) is 364 Å². The van der Waals surface area contributed by atoms with Gasteiger partial charge in [-0.05, 0) is 169 Å². The quantitative estimate of drug-likeness (QED) is 0.0566. The molecule has 141 heavy (non-hydrogen) atoms. The van der Waals surface area contributed by atoms with Crippen molar-refractivity contribution in [3.05, 3.63) is 445 Å². The van der Waals surface area contributed by atoms with E-state index in [1.165, 1.54) is 19.6 Å². The number of nitrogens with zero attached hydrogens (tertiary/aromatic N) is 4. The molecule has 0 aliphatic carbocycles. The summed E-state index contributed by atoms with van der Waals surface area (Å²) >= 11 is 30.5. The molecule has 0 saturated carbocycles. The normalized spacial score (nSPS) is 16.7. The number of carbonyl (C=O) groups excluding carboxylic acids is 10. The van der Waals surface area contributed by atoms with Gasteiger partial charge in [-0.1, -0.05) is 351 Å². The van der Waals surface area contributed by atoms with Crippen LogP contribution in [0.1, 0.15) is 94.0 Å². The summed E-state index contributed by atoms with van der Waals surface area (Å²) in [7, 11) is 6.67. The maximum absolute atomic E-state index is 13.0. The van der Waals surface area contributed by atoms with Gasteiger partial charge in [-0.25, -0.2) is 0 Å². The van der Waals surface area contributed by atoms with Gasteiger partial charge < -0.3 is 51.5 Å². The van der Waals surface area contributed by atoms with Crippen molar-refractivity contribution in [1.82, 2.24) is 26.6 Å². The zero-order valence-electron chi connectivity index (χ0n) is 76.7. The molecule has 20 rings (SSSR count). The molecule has 5 aliphatic rings. The van der Waals surface area contributed by atoms with E-state index in [9.17, 15) is 47.9 Å². The van der Waals surface area contributed by atoms with Crippen LogP contribution < -0.4 is 51.5 Å². The number of rotatable bonds is 15. The molecular formula is C116H99Cl5N10O10. The van der Waals surface area contributed by atoms with Gasteiger partial charge in [0.05, 0.1) is 66.3 Å². The zero-order chi connectivity index (χ0) is 98.4. The van der Waals surface area contributed by atoms with Gasteiger partial charge in [0.15, 0.2) is 0 Å². The van der Waals surface area contributed by atoms with Crippen LogP contribution in [0.4, 0.5) is 28.4 Å². The lowest BCUT2D eigenvalue weighted by atomic mass is 9.91. The molecule has 0 aromatic heterocycles. The third-order valence-corrected chi connectivity index (χ3v) is 26.3. The molecule has 708 valence electrons. The third-order valence-electron chi connectivity index (χ3n) is 25.0. The van der Waals surface area contributed by atoms with Crippen LogP contribution in [-0.2, 0) is 56.1 Å². The average molecular weight is 1970 g/mol. The second-order valence-electron chi connectivity index (χ2n) is 34.5. The van der Waals surface area contributed by atoms with Crippen molar-refractivity contribution in [2.24, 2.45) is 0 Å². The molecule has 15 aromatic carbocycles. The minimum Gasteiger partial charge on any atom is -0.340 e. The van der Waals surface area contributed by atoms with E-state index in [0.29, 0.717) is 113 Å². The van der Waals surface area contributed by atoms with Crippen LogP contribution in [0.25, 0.3) is 55.6 Å². The van der Waals surface area contributed by atoms with E-state index in [4.69, 9.17) is 58.0 Å². The SMILES string of the molecule is C.CN1C(=O)C(Cc2ccc(-c3ccccc3)cc2)NC(=O)c2c(Cl)cccc21.CN1C(=O)C(Cc2ccc(-c3ccccc3)cc2)NC(=O)c2cc(Cl)ccc21.CN1C(=O)C(Cc2ccc(-c3ccccc3)cc2)NC(=O)c2ccc(Cl)cc21.CN1C(=O)C(Cc2ccc(-c3ccccc3)cc2)NC(=O)c2cccc(Cl)c21.C[C@@]1(Cc2ccc(-c3ccccc3)cc2)NC(=O)c2cc(Cl)ccc2NC1=O. The van der Waals surface area contributed by atoms with E-state index in [0.717, 1.165) is 83.5 Å². The van der Waals surface area contributed by atoms with E-state index in [2.05, 4.69) is 92.6 Å². The van der Waals surface area contributed by atoms with Gasteiger partial charge in [-0.3, -0.25) is 47.9 Å². The molecular weight excluding hydrogens is 1870 g/mol. The number of likely N-dealkylation sites (N-methyl/N-ethyl adjacent to an activating group) is 4. The molecule has 5 heterocycles. The standard InChI is InChI=1S/5C23H19ClN2O2.CH4/c1-26-20-9-5-8-18(24)21(20)22(27)25-19(23(26)28)14-15-10-12-17(13-11-15)16-6-3-2-4-7-16;1-26-21-18(8-5-9-19(21)24)22(27)25-20(23(26)28)14-15-10-12-17(13-11-15)16-6-3-2-4-7-16;1-23(14-15-7-9-17(10-8-15)16-5-3-2-4-6-16)22(28)25-20-12-11-18(24)13-19(20)21(27)26-23;1-26-21-12-11-18(24)14-19(21)22(27)25-20(23(26)28)13-15-7-9-17(10-8-15)16-5-3-2-4-6-16;1-26-21-14-18(24)11-12-19(21)22(27)25-20(23(26)28)13-15-7-9-17(10-8-15)16-5-3-2-4-6-16;/h2-13,19H,14H2,1H3,(H,25,27);2-13,20H,14H2,1H3,(H,25,27);2-13H,14H2,1H3,(H,25,28)(H,26,27);2*2-12,14,20H,13H2,1H3,(H,25,27);1H4/t;;23-;;;/m..0.../s1. The second-order valence-corrected chi connectivity index (χ2v) is 36.6. The van der Waals surface area contributed by atoms with Crippen molar-refractivity contribution in [1.29, 1.82) is 0 Å². The fourth-order valence-corrected chi connectivity index (χ4v) is 18.4. The predicted octanol–water partition coefficient (Wildman–Crippen LogP) is 22.6. The van der Waals surface area contributed by atoms with Gasteiger partial charge in [0, 0.05) is 75.4 Å². The molecule has 0 bridgehead atoms. The number of carbonyl (C=O) groups is 10. The second kappa shape index (κ2) is 44.9. The van der Waals surface area contributed by atoms with Crippen molar-refractivity contribution in [2.75, 3.05) is 53.1 Å². The Bertz CT molecular complexity index is 6970. The molecule has 20 nitrogen and oxygen atoms in total. The summed E-state index contributed by atoms with van der Waals surface area (Å²) in [4.78, 5) is 134. The number of hydrogen-bond acceptors (Lipinski definition) is 10. The molecule has 4 unspecified atom stereocenters. The summed E-state index contributed by atoms with van der Waals surface area (Å²) in [6.45, 7) is 1.73. The zero-order valence-corrected chi connectivity index (χ0v) is 80.5. The van der Waals surface area contributed by atoms with Gasteiger partial charge in [-0.15, -0.1) is 0 Å². The molecule has 15 aromatic rings. The fraction of sp³-hybridized carbons (Fsp3) is 0.138. The van der Waals surface area contributed by atoms with Crippen molar-refractivity contribution in [2.45, 2.75) is 76.2 Å². The first kappa shape index (κ1) is 99.9. The van der Waals surface area contributed by atoms with E-state index in [1.807, 2.05) is 212 Å². The van der Waals surface area contributed by atoms with Crippen LogP contribution in [0.3, 0.4) is 0 Å². The number of hydrogen-bond donors (Lipinski definition) is 6. The molecule has 0 radical (unpaired) electrons. The Hall–Kier alpha value is -15.6. The van der Waals surface area contributed by atoms with E-state index in [-0.39, 0.29) is 66.5 Å². The van der Waals surface area contributed by atoms with Gasteiger partial charge in [0.2, 0.25) is 29.5 Å². The molecule has 0 spiro atoms. The number of anilines is 5. The van der Waals surface area contributed by atoms with Gasteiger partial charge >= 0.3 is 0 Å². The van der Waals surface area contributed by atoms with Crippen LogP contribution in [-0.4, -0.2) is 117 Å². The predicted molar refractivity (Wildman–Crippen MR) is 565 cm³/mol. The molecule has 5 aliphatic heterocycles. The average Bonchev–Trinajstić information content (AvgIpc) is 1.69. The number of nitrogens with one attached hydrogen (secondary N) is 6. The highest BCUT2D eigenvalue weighted by atomic mass is 35.5. The molecule has 0 saturated heterocycles. The molecule has 25 heteroatoms. The van der Waals surface area contributed by atoms with Crippen molar-refractivity contribution < 1.29 is 47.9 Å². The highest BCUT2D eigenvalue weighted by molar-refractivity contribution is 6.36. The number of fused-ring (bicyclic) bond motifs is 5. The van der Waals surface area contributed by atoms with E-state index >= 15 is 0 Å². The lowest BCUT2D eigenvalue weighted by Gasteiger charge is -2.27. The molecule has 6 N–H and O–H groups in total. The van der Waals surface area contributed by atoms with Gasteiger partial charge in [0.25, 0.3) is 29.5 Å². The van der Waals surface area contributed by atoms with E-state index < -0.39 is 29.7 Å². The maximum Gasteiger partial charge on any atom is 0.255 e. The first-order valence-corrected chi connectivity index (χ1v) is 47.1. The Morgan fingerprint density at radius 2 is 0.589 bits per heavy atom. The maximum atomic E-state index is 13.0. The summed E-state index contributed by atoms with van der Waals surface area (Å²) in [5.74, 6) is -2.42. The summed E-state index contributed by atoms with van der Waals surface area (Å²) in [5, 5.41) is 19.2. The third kappa shape index (κ3) is 23.6. The highest BCUT2D eigenvalue weighted by Crippen LogP contribution is 2.37. The Balaban J connectivity index is 0.000000133. The van der Waals surface area contributed by atoms with E-state index in [1.54, 1.807) is 126 Å². The first-order valence-electron chi connectivity index (χ1n) is 45.2. The number of para-hydroxylation sites is 1. The minimum atomic E-state index is -1.07. The summed E-state index contributed by atoms with van der Waals surface area (Å²) in [6, 6.07) is 113. The highest BCUT2D eigenvalue weighted by Gasteiger charge is 2.41. The summed E-state index contributed by atoms with van der Waals surface area (Å²) < 4.78 is 0. The smallest absolute Gasteiger partial charge is 0.255 e. The van der Waals surface area contributed by atoms with Gasteiger partial charge in [-0.2, -0.15) is 0 Å². The van der Waals surface area contributed by atoms with Crippen molar-refractivity contribution >= 4 is 146 Å². The van der Waals surface area contributed by atoms with Crippen LogP contribution in [0.2, 0.25) is 25.1 Å². The number of halogens is 5. The molecule has 10 amide bonds. The Morgan fingerprint density at radius 3 is 1.01 bits per heavy atom. The molecule has 5 atom stereocenters. The number of amides is 10. The lowest BCUT2D eigenvalue weighted by molar-refractivity contribution is -0.121. The largest absolute Gasteiger partial charge is 0.340 e. The monoisotopic (exact) mass is 1970 g/mol. The Labute approximate surface area is 843 Å². The van der Waals surface area contributed by atoms with Crippen LogP contribution in [0, 0.1) is 0 Å². The van der Waals surface area contributed by atoms with Crippen LogP contribution in [0.5, 0.6) is 0 Å². The van der Waals surface area contributed by atoms with Crippen molar-refractivity contribution in [3.8, 4) is 55.6 Å². The summed E-state index contributed by atoms with van der Waals surface area (Å²) in [5.41, 5.74) is 19.5. The topological polar surface area (TPSA) is 256 Å². The summed E-state index contributed by atoms with van der Waals surface area (Å²) in [6.07, 6.45) is 2.05. The first-order chi connectivity index (χ1) is 67.6. The van der Waals surface area contributed by atoms with Crippen molar-refractivity contribution in [3.63, 3.8) is 0 Å². The Morgan fingerprint density at radius 1 is 0.270 bits per heavy atom. The lowest BCUT2D eigenvalue weighted by Crippen LogP contribution is -2.54. The van der Waals surface area contributed by atoms with Crippen LogP contribution >= 0.6 is 58.0 Å². The van der Waals surface area contributed by atoms with Gasteiger partial charge in [0.1, 0.15) is 29.7 Å². The molecule has 0 fully saturated rings.